The Labute approximate surface area is 166 Å². The van der Waals surface area contributed by atoms with Crippen molar-refractivity contribution in [2.45, 2.75) is 52.6 Å². The molecule has 3 rings (SSSR count). The van der Waals surface area contributed by atoms with Crippen LogP contribution in [0.3, 0.4) is 0 Å². The summed E-state index contributed by atoms with van der Waals surface area (Å²) in [5, 5.41) is 38.1. The molecule has 0 radical (unpaired) electrons. The number of fused-ring (bicyclic) bond motifs is 1. The number of aromatic hydroxyl groups is 1. The van der Waals surface area contributed by atoms with Gasteiger partial charge in [-0.15, -0.1) is 5.10 Å². The zero-order valence-electron chi connectivity index (χ0n) is 16.5. The first-order valence-corrected chi connectivity index (χ1v) is 9.32. The van der Waals surface area contributed by atoms with Crippen LogP contribution in [-0.4, -0.2) is 54.1 Å². The average molecular weight is 407 g/mol. The van der Waals surface area contributed by atoms with Gasteiger partial charge >= 0.3 is 6.09 Å². The van der Waals surface area contributed by atoms with Gasteiger partial charge in [0.15, 0.2) is 11.4 Å². The molecule has 2 amide bonds. The molecule has 11 heteroatoms. The molecule has 2 heterocycles. The molecule has 0 bridgehead atoms. The van der Waals surface area contributed by atoms with E-state index in [2.05, 4.69) is 15.7 Å². The van der Waals surface area contributed by atoms with E-state index in [9.17, 15) is 24.6 Å². The van der Waals surface area contributed by atoms with Crippen LogP contribution in [-0.2, 0) is 13.0 Å². The summed E-state index contributed by atoms with van der Waals surface area (Å²) >= 11 is 0. The Bertz CT molecular complexity index is 1030. The Kier molecular flexibility index (Phi) is 5.26. The van der Waals surface area contributed by atoms with Gasteiger partial charge in [0.1, 0.15) is 5.65 Å². The van der Waals surface area contributed by atoms with Crippen LogP contribution >= 0.6 is 0 Å². The zero-order valence-corrected chi connectivity index (χ0v) is 16.5. The van der Waals surface area contributed by atoms with Crippen LogP contribution in [0, 0.1) is 5.41 Å². The van der Waals surface area contributed by atoms with Gasteiger partial charge in [0.05, 0.1) is 0 Å². The molecule has 29 heavy (non-hydrogen) atoms. The summed E-state index contributed by atoms with van der Waals surface area (Å²) in [5.41, 5.74) is -1.16. The first kappa shape index (κ1) is 20.6. The molecule has 1 saturated carbocycles. The molecule has 0 spiro atoms. The molecule has 1 aliphatic rings. The smallest absolute Gasteiger partial charge is 0.410 e. The molecule has 2 aromatic heterocycles. The van der Waals surface area contributed by atoms with Crippen molar-refractivity contribution < 1.29 is 24.9 Å². The highest BCUT2D eigenvalue weighted by Gasteiger charge is 2.31. The van der Waals surface area contributed by atoms with Crippen LogP contribution in [0.15, 0.2) is 4.79 Å². The minimum Gasteiger partial charge on any atom is -0.492 e. The minimum atomic E-state index is -1.39. The van der Waals surface area contributed by atoms with Crippen LogP contribution in [0.1, 0.15) is 49.5 Å². The van der Waals surface area contributed by atoms with Crippen molar-refractivity contribution in [3.63, 3.8) is 0 Å². The number of nitrogens with one attached hydrogen (secondary N) is 2. The fourth-order valence-corrected chi connectivity index (χ4v) is 3.15. The standard InChI is InChI=1S/C18H25N5O6/c1-18(2,3)8-22-14-10(6-7-24)12(20-17(28)29)21-23(14)16(27)11(15(22)26)13(25)19-9-4-5-9/h9,24,27H,4-8H2,1-3H3,(H,19,25)(H,20,21)(H,28,29). The van der Waals surface area contributed by atoms with Crippen molar-refractivity contribution in [2.75, 3.05) is 11.9 Å². The van der Waals surface area contributed by atoms with E-state index in [4.69, 9.17) is 5.11 Å². The first-order valence-electron chi connectivity index (χ1n) is 9.32. The third-order valence-corrected chi connectivity index (χ3v) is 4.45. The van der Waals surface area contributed by atoms with Gasteiger partial charge in [-0.2, -0.15) is 4.52 Å². The van der Waals surface area contributed by atoms with Crippen LogP contribution in [0.2, 0.25) is 0 Å². The molecule has 11 nitrogen and oxygen atoms in total. The maximum absolute atomic E-state index is 13.2. The predicted octanol–water partition coefficient (Wildman–Crippen LogP) is 0.765. The van der Waals surface area contributed by atoms with Gasteiger partial charge in [-0.1, -0.05) is 20.8 Å². The molecule has 5 N–H and O–H groups in total. The van der Waals surface area contributed by atoms with Crippen molar-refractivity contribution in [3.8, 4) is 5.88 Å². The minimum absolute atomic E-state index is 0.00421. The summed E-state index contributed by atoms with van der Waals surface area (Å²) in [5.74, 6) is -1.50. The Morgan fingerprint density at radius 1 is 1.28 bits per heavy atom. The molecule has 1 fully saturated rings. The Balaban J connectivity index is 2.33. The number of anilines is 1. The first-order chi connectivity index (χ1) is 13.5. The van der Waals surface area contributed by atoms with E-state index in [0.717, 1.165) is 17.4 Å². The number of aliphatic hydroxyl groups excluding tert-OH is 1. The molecular formula is C18H25N5O6. The maximum atomic E-state index is 13.2. The van der Waals surface area contributed by atoms with Crippen molar-refractivity contribution in [2.24, 2.45) is 5.41 Å². The number of rotatable bonds is 6. The van der Waals surface area contributed by atoms with E-state index >= 15 is 0 Å². The summed E-state index contributed by atoms with van der Waals surface area (Å²) in [6.45, 7) is 5.53. The van der Waals surface area contributed by atoms with Gasteiger partial charge in [-0.3, -0.25) is 19.5 Å². The summed E-state index contributed by atoms with van der Waals surface area (Å²) in [7, 11) is 0. The molecular weight excluding hydrogens is 382 g/mol. The second-order valence-electron chi connectivity index (χ2n) is 8.36. The second-order valence-corrected chi connectivity index (χ2v) is 8.36. The topological polar surface area (TPSA) is 158 Å². The van der Waals surface area contributed by atoms with E-state index in [1.807, 2.05) is 20.8 Å². The Morgan fingerprint density at radius 3 is 2.45 bits per heavy atom. The lowest BCUT2D eigenvalue weighted by Crippen LogP contribution is -2.37. The molecule has 0 atom stereocenters. The monoisotopic (exact) mass is 407 g/mol. The number of aliphatic hydroxyl groups is 1. The lowest BCUT2D eigenvalue weighted by molar-refractivity contribution is 0.0944. The van der Waals surface area contributed by atoms with Gasteiger partial charge < -0.3 is 20.6 Å². The lowest BCUT2D eigenvalue weighted by atomic mass is 9.96. The zero-order chi connectivity index (χ0) is 21.5. The number of carboxylic acid groups (broad SMARTS) is 1. The van der Waals surface area contributed by atoms with Gasteiger partial charge in [0, 0.05) is 31.2 Å². The highest BCUT2D eigenvalue weighted by Crippen LogP contribution is 2.28. The van der Waals surface area contributed by atoms with Crippen LogP contribution < -0.4 is 16.2 Å². The molecule has 0 aromatic carbocycles. The fraction of sp³-hybridized carbons (Fsp3) is 0.556. The van der Waals surface area contributed by atoms with Gasteiger partial charge in [-0.05, 0) is 18.3 Å². The van der Waals surface area contributed by atoms with Gasteiger partial charge in [0.2, 0.25) is 5.88 Å². The third-order valence-electron chi connectivity index (χ3n) is 4.45. The number of hydrogen-bond donors (Lipinski definition) is 5. The Morgan fingerprint density at radius 2 is 1.93 bits per heavy atom. The van der Waals surface area contributed by atoms with Crippen molar-refractivity contribution in [1.82, 2.24) is 19.5 Å². The normalized spacial score (nSPS) is 14.2. The number of hydrogen-bond acceptors (Lipinski definition) is 6. The summed E-state index contributed by atoms with van der Waals surface area (Å²) in [6, 6.07) is -0.0279. The predicted molar refractivity (Wildman–Crippen MR) is 103 cm³/mol. The highest BCUT2D eigenvalue weighted by atomic mass is 16.4. The molecule has 0 aliphatic heterocycles. The van der Waals surface area contributed by atoms with Crippen LogP contribution in [0.25, 0.3) is 5.65 Å². The number of nitrogens with zero attached hydrogens (tertiary/aromatic N) is 3. The van der Waals surface area contributed by atoms with E-state index < -0.39 is 29.0 Å². The van der Waals surface area contributed by atoms with Crippen LogP contribution in [0.4, 0.5) is 10.6 Å². The quantitative estimate of drug-likeness (QED) is 0.473. The fourth-order valence-electron chi connectivity index (χ4n) is 3.15. The number of carbonyl (C=O) groups excluding carboxylic acids is 1. The van der Waals surface area contributed by atoms with E-state index in [-0.39, 0.29) is 48.1 Å². The highest BCUT2D eigenvalue weighted by molar-refractivity contribution is 5.97. The number of carbonyl (C=O) groups is 2. The molecule has 0 unspecified atom stereocenters. The van der Waals surface area contributed by atoms with Crippen molar-refractivity contribution in [3.05, 3.63) is 21.5 Å². The largest absolute Gasteiger partial charge is 0.492 e. The van der Waals surface area contributed by atoms with Crippen LogP contribution in [0.5, 0.6) is 5.88 Å². The summed E-state index contributed by atoms with van der Waals surface area (Å²) in [6.07, 6.45) is 0.221. The second kappa shape index (κ2) is 7.39. The molecule has 1 aliphatic carbocycles. The maximum Gasteiger partial charge on any atom is 0.410 e. The SMILES string of the molecule is CC(C)(C)Cn1c(=O)c(C(=O)NC2CC2)c(O)n2nc(NC(=O)O)c(CCO)c12. The molecule has 2 aromatic rings. The number of aromatic nitrogens is 3. The number of amides is 2. The summed E-state index contributed by atoms with van der Waals surface area (Å²) < 4.78 is 2.28. The van der Waals surface area contributed by atoms with E-state index in [0.29, 0.717) is 0 Å². The molecule has 158 valence electrons. The summed E-state index contributed by atoms with van der Waals surface area (Å²) in [4.78, 5) is 37.0. The lowest BCUT2D eigenvalue weighted by Gasteiger charge is -2.22. The van der Waals surface area contributed by atoms with Gasteiger partial charge in [0.25, 0.3) is 11.5 Å². The van der Waals surface area contributed by atoms with E-state index in [1.54, 1.807) is 0 Å². The average Bonchev–Trinajstić information content (AvgIpc) is 3.33. The van der Waals surface area contributed by atoms with Gasteiger partial charge in [-0.25, -0.2) is 4.79 Å². The van der Waals surface area contributed by atoms with Crippen molar-refractivity contribution in [1.29, 1.82) is 0 Å². The molecule has 0 saturated heterocycles. The van der Waals surface area contributed by atoms with E-state index in [1.165, 1.54) is 4.57 Å². The Hall–Kier alpha value is -3.08. The third kappa shape index (κ3) is 4.19. The van der Waals surface area contributed by atoms with Crippen molar-refractivity contribution >= 4 is 23.5 Å².